The molecule has 0 saturated heterocycles. The fourth-order valence-corrected chi connectivity index (χ4v) is 3.79. The topological polar surface area (TPSA) is 88.2 Å². The summed E-state index contributed by atoms with van der Waals surface area (Å²) in [6.07, 6.45) is 6.09. The molecule has 24 heavy (non-hydrogen) atoms. The summed E-state index contributed by atoms with van der Waals surface area (Å²) in [5, 5.41) is 20.5. The molecule has 2 atom stereocenters. The van der Waals surface area contributed by atoms with Crippen molar-refractivity contribution in [2.24, 2.45) is 5.92 Å². The molecule has 130 valence electrons. The Morgan fingerprint density at radius 1 is 1.38 bits per heavy atom. The lowest BCUT2D eigenvalue weighted by atomic mass is 9.95. The van der Waals surface area contributed by atoms with Gasteiger partial charge in [0.2, 0.25) is 17.6 Å². The molecule has 6 nitrogen and oxygen atoms in total. The highest BCUT2D eigenvalue weighted by molar-refractivity contribution is 7.08. The molecule has 1 aliphatic carbocycles. The number of aromatic nitrogens is 2. The second-order valence-corrected chi connectivity index (χ2v) is 7.06. The Hall–Kier alpha value is -1.73. The molecular weight excluding hydrogens is 326 g/mol. The maximum atomic E-state index is 12.2. The van der Waals surface area contributed by atoms with Crippen LogP contribution >= 0.6 is 11.3 Å². The third kappa shape index (κ3) is 4.42. The number of hydrogen-bond donors (Lipinski definition) is 2. The van der Waals surface area contributed by atoms with Crippen molar-refractivity contribution in [2.45, 2.75) is 51.0 Å². The molecule has 0 aromatic carbocycles. The minimum Gasteiger partial charge on any atom is -0.396 e. The Balaban J connectivity index is 1.50. The van der Waals surface area contributed by atoms with Crippen LogP contribution in [0.5, 0.6) is 0 Å². The van der Waals surface area contributed by atoms with Gasteiger partial charge in [-0.2, -0.15) is 16.3 Å². The van der Waals surface area contributed by atoms with E-state index in [2.05, 4.69) is 15.5 Å². The lowest BCUT2D eigenvalue weighted by Crippen LogP contribution is -2.41. The van der Waals surface area contributed by atoms with Crippen LogP contribution in [0.1, 0.15) is 44.4 Å². The lowest BCUT2D eigenvalue weighted by molar-refractivity contribution is -0.122. The lowest BCUT2D eigenvalue weighted by Gasteiger charge is -2.24. The molecule has 2 N–H and O–H groups in total. The molecule has 0 aliphatic heterocycles. The van der Waals surface area contributed by atoms with Gasteiger partial charge in [0.05, 0.1) is 0 Å². The van der Waals surface area contributed by atoms with Gasteiger partial charge in [0, 0.05) is 42.4 Å². The second-order valence-electron chi connectivity index (χ2n) is 6.28. The third-order valence-corrected chi connectivity index (χ3v) is 5.24. The van der Waals surface area contributed by atoms with Gasteiger partial charge in [-0.3, -0.25) is 4.79 Å². The molecular formula is C17H23N3O3S. The van der Waals surface area contributed by atoms with E-state index in [1.54, 1.807) is 11.3 Å². The predicted octanol–water partition coefficient (Wildman–Crippen LogP) is 2.79. The van der Waals surface area contributed by atoms with Gasteiger partial charge in [-0.05, 0) is 24.3 Å². The highest BCUT2D eigenvalue weighted by Gasteiger charge is 2.24. The van der Waals surface area contributed by atoms with E-state index in [0.29, 0.717) is 24.6 Å². The number of aliphatic hydroxyl groups is 1. The molecule has 0 radical (unpaired) electrons. The highest BCUT2D eigenvalue weighted by Crippen LogP contribution is 2.23. The fraction of sp³-hybridized carbons (Fsp3) is 0.588. The molecule has 2 heterocycles. The second kappa shape index (κ2) is 8.39. The van der Waals surface area contributed by atoms with Crippen molar-refractivity contribution >= 4 is 17.2 Å². The van der Waals surface area contributed by atoms with Crippen molar-refractivity contribution in [3.05, 3.63) is 22.7 Å². The SMILES string of the molecule is O=C(CCc1nc(-c2ccsc2)no1)NC1CCCCCC1CO. The molecule has 1 fully saturated rings. The number of amides is 1. The molecule has 2 aromatic heterocycles. The summed E-state index contributed by atoms with van der Waals surface area (Å²) in [5.74, 6) is 1.20. The van der Waals surface area contributed by atoms with Crippen LogP contribution in [0.2, 0.25) is 0 Å². The third-order valence-electron chi connectivity index (χ3n) is 4.55. The van der Waals surface area contributed by atoms with Gasteiger partial charge in [-0.15, -0.1) is 0 Å². The monoisotopic (exact) mass is 349 g/mol. The van der Waals surface area contributed by atoms with Crippen molar-refractivity contribution < 1.29 is 14.4 Å². The van der Waals surface area contributed by atoms with Gasteiger partial charge in [0.1, 0.15) is 0 Å². The van der Waals surface area contributed by atoms with E-state index in [1.165, 1.54) is 6.42 Å². The van der Waals surface area contributed by atoms with Crippen LogP contribution in [-0.2, 0) is 11.2 Å². The van der Waals surface area contributed by atoms with Gasteiger partial charge in [0.15, 0.2) is 0 Å². The molecule has 7 heteroatoms. The maximum absolute atomic E-state index is 12.2. The van der Waals surface area contributed by atoms with Crippen molar-refractivity contribution in [3.63, 3.8) is 0 Å². The van der Waals surface area contributed by atoms with Crippen molar-refractivity contribution in [1.82, 2.24) is 15.5 Å². The molecule has 1 amide bonds. The smallest absolute Gasteiger partial charge is 0.227 e. The Morgan fingerprint density at radius 2 is 2.25 bits per heavy atom. The molecule has 2 unspecified atom stereocenters. The summed E-state index contributed by atoms with van der Waals surface area (Å²) in [4.78, 5) is 16.5. The molecule has 2 aromatic rings. The molecule has 0 bridgehead atoms. The number of aliphatic hydroxyl groups excluding tert-OH is 1. The maximum Gasteiger partial charge on any atom is 0.227 e. The van der Waals surface area contributed by atoms with Crippen LogP contribution in [0, 0.1) is 5.92 Å². The van der Waals surface area contributed by atoms with Crippen LogP contribution in [0.4, 0.5) is 0 Å². The largest absolute Gasteiger partial charge is 0.396 e. The molecule has 3 rings (SSSR count). The number of carbonyl (C=O) groups excluding carboxylic acids is 1. The summed E-state index contributed by atoms with van der Waals surface area (Å²) in [6, 6.07) is 2.02. The minimum absolute atomic E-state index is 0.0179. The Morgan fingerprint density at radius 3 is 3.04 bits per heavy atom. The number of nitrogens with one attached hydrogen (secondary N) is 1. The van der Waals surface area contributed by atoms with Crippen molar-refractivity contribution in [1.29, 1.82) is 0 Å². The summed E-state index contributed by atoms with van der Waals surface area (Å²) >= 11 is 1.58. The first-order valence-corrected chi connectivity index (χ1v) is 9.46. The number of carbonyl (C=O) groups is 1. The van der Waals surface area contributed by atoms with E-state index in [4.69, 9.17) is 4.52 Å². The van der Waals surface area contributed by atoms with E-state index >= 15 is 0 Å². The van der Waals surface area contributed by atoms with Crippen molar-refractivity contribution in [3.8, 4) is 11.4 Å². The standard InChI is InChI=1S/C17H23N3O3S/c21-10-12-4-2-1-3-5-14(12)18-15(22)6-7-16-19-17(20-23-16)13-8-9-24-11-13/h8-9,11-12,14,21H,1-7,10H2,(H,18,22). The first kappa shape index (κ1) is 17.1. The van der Waals surface area contributed by atoms with E-state index in [9.17, 15) is 9.90 Å². The molecule has 1 saturated carbocycles. The van der Waals surface area contributed by atoms with E-state index in [1.807, 2.05) is 16.8 Å². The summed E-state index contributed by atoms with van der Waals surface area (Å²) < 4.78 is 5.21. The molecule has 1 aliphatic rings. The Kier molecular flexibility index (Phi) is 5.98. The van der Waals surface area contributed by atoms with Gasteiger partial charge < -0.3 is 14.9 Å². The van der Waals surface area contributed by atoms with Gasteiger partial charge >= 0.3 is 0 Å². The minimum atomic E-state index is -0.0179. The van der Waals surface area contributed by atoms with Crippen LogP contribution in [-0.4, -0.2) is 33.8 Å². The van der Waals surface area contributed by atoms with E-state index in [0.717, 1.165) is 31.2 Å². The summed E-state index contributed by atoms with van der Waals surface area (Å²) in [6.45, 7) is 0.138. The van der Waals surface area contributed by atoms with E-state index < -0.39 is 0 Å². The summed E-state index contributed by atoms with van der Waals surface area (Å²) in [5.41, 5.74) is 0.934. The zero-order chi connectivity index (χ0) is 16.8. The number of thiophene rings is 1. The zero-order valence-corrected chi connectivity index (χ0v) is 14.4. The summed E-state index contributed by atoms with van der Waals surface area (Å²) in [7, 11) is 0. The zero-order valence-electron chi connectivity index (χ0n) is 13.6. The predicted molar refractivity (Wildman–Crippen MR) is 91.5 cm³/mol. The quantitative estimate of drug-likeness (QED) is 0.783. The van der Waals surface area contributed by atoms with Crippen LogP contribution in [0.25, 0.3) is 11.4 Å². The first-order valence-electron chi connectivity index (χ1n) is 8.51. The Labute approximate surface area is 145 Å². The van der Waals surface area contributed by atoms with Gasteiger partial charge in [-0.1, -0.05) is 24.4 Å². The van der Waals surface area contributed by atoms with Crippen LogP contribution in [0.15, 0.2) is 21.3 Å². The Bertz CT molecular complexity index is 641. The highest BCUT2D eigenvalue weighted by atomic mass is 32.1. The number of aryl methyl sites for hydroxylation is 1. The van der Waals surface area contributed by atoms with Crippen molar-refractivity contribution in [2.75, 3.05) is 6.61 Å². The molecule has 0 spiro atoms. The fourth-order valence-electron chi connectivity index (χ4n) is 3.16. The number of rotatable bonds is 6. The van der Waals surface area contributed by atoms with Crippen LogP contribution in [0.3, 0.4) is 0 Å². The first-order chi connectivity index (χ1) is 11.8. The average molecular weight is 349 g/mol. The average Bonchev–Trinajstić information content (AvgIpc) is 3.22. The normalized spacial score (nSPS) is 21.4. The van der Waals surface area contributed by atoms with Gasteiger partial charge in [0.25, 0.3) is 0 Å². The van der Waals surface area contributed by atoms with E-state index in [-0.39, 0.29) is 24.5 Å². The number of hydrogen-bond acceptors (Lipinski definition) is 6. The van der Waals surface area contributed by atoms with Crippen LogP contribution < -0.4 is 5.32 Å². The number of nitrogens with zero attached hydrogens (tertiary/aromatic N) is 2. The van der Waals surface area contributed by atoms with Gasteiger partial charge in [-0.25, -0.2) is 0 Å².